The number of nitrogens with one attached hydrogen (secondary N) is 1. The van der Waals surface area contributed by atoms with Crippen molar-refractivity contribution in [2.75, 3.05) is 13.7 Å². The fourth-order valence-electron chi connectivity index (χ4n) is 2.58. The van der Waals surface area contributed by atoms with Gasteiger partial charge in [0.2, 0.25) is 10.0 Å². The highest BCUT2D eigenvalue weighted by Gasteiger charge is 2.42. The van der Waals surface area contributed by atoms with Crippen molar-refractivity contribution in [1.29, 1.82) is 0 Å². The fraction of sp³-hybridized carbons (Fsp3) is 0.600. The van der Waals surface area contributed by atoms with E-state index in [9.17, 15) is 8.42 Å². The smallest absolute Gasteiger partial charge is 0.244 e. The van der Waals surface area contributed by atoms with E-state index in [1.54, 1.807) is 12.1 Å². The summed E-state index contributed by atoms with van der Waals surface area (Å²) < 4.78 is 32.7. The number of aliphatic hydroxyl groups is 1. The van der Waals surface area contributed by atoms with Gasteiger partial charge in [-0.05, 0) is 42.4 Å². The van der Waals surface area contributed by atoms with Gasteiger partial charge in [0, 0.05) is 6.54 Å². The van der Waals surface area contributed by atoms with Crippen molar-refractivity contribution in [1.82, 2.24) is 4.72 Å². The minimum Gasteiger partial charge on any atom is -0.495 e. The van der Waals surface area contributed by atoms with Crippen molar-refractivity contribution in [3.05, 3.63) is 23.8 Å². The number of aliphatic hydroxyl groups excluding tert-OH is 1. The lowest BCUT2D eigenvalue weighted by Crippen LogP contribution is -2.30. The normalized spacial score (nSPS) is 16.7. The van der Waals surface area contributed by atoms with Crippen molar-refractivity contribution in [3.63, 3.8) is 0 Å². The van der Waals surface area contributed by atoms with E-state index in [1.807, 2.05) is 0 Å². The van der Waals surface area contributed by atoms with Gasteiger partial charge in [-0.25, -0.2) is 13.1 Å². The molecule has 0 aromatic heterocycles. The summed E-state index contributed by atoms with van der Waals surface area (Å²) in [7, 11) is -2.17. The van der Waals surface area contributed by atoms with Gasteiger partial charge in [-0.3, -0.25) is 0 Å². The quantitative estimate of drug-likeness (QED) is 0.770. The van der Waals surface area contributed by atoms with E-state index < -0.39 is 10.0 Å². The topological polar surface area (TPSA) is 75.6 Å². The first-order chi connectivity index (χ1) is 9.96. The molecule has 0 radical (unpaired) electrons. The van der Waals surface area contributed by atoms with Crippen molar-refractivity contribution in [3.8, 4) is 5.75 Å². The highest BCUT2D eigenvalue weighted by molar-refractivity contribution is 7.89. The zero-order valence-electron chi connectivity index (χ0n) is 12.6. The summed E-state index contributed by atoms with van der Waals surface area (Å²) in [5.74, 6) is 0.259. The number of ether oxygens (including phenoxy) is 1. The van der Waals surface area contributed by atoms with Gasteiger partial charge in [-0.1, -0.05) is 19.4 Å². The maximum absolute atomic E-state index is 12.4. The third kappa shape index (κ3) is 3.75. The van der Waals surface area contributed by atoms with Crippen LogP contribution in [0.1, 0.15) is 38.2 Å². The van der Waals surface area contributed by atoms with E-state index >= 15 is 0 Å². The van der Waals surface area contributed by atoms with Gasteiger partial charge in [0.05, 0.1) is 13.7 Å². The van der Waals surface area contributed by atoms with Crippen LogP contribution in [0.15, 0.2) is 23.1 Å². The molecule has 0 heterocycles. The number of hydrogen-bond donors (Lipinski definition) is 2. The highest BCUT2D eigenvalue weighted by atomic mass is 32.2. The van der Waals surface area contributed by atoms with Crippen LogP contribution in [0.2, 0.25) is 0 Å². The highest BCUT2D eigenvalue weighted by Crippen LogP contribution is 2.49. The second-order valence-corrected chi connectivity index (χ2v) is 7.45. The third-order valence-electron chi connectivity index (χ3n) is 4.07. The Morgan fingerprint density at radius 1 is 1.38 bits per heavy atom. The largest absolute Gasteiger partial charge is 0.495 e. The van der Waals surface area contributed by atoms with Gasteiger partial charge in [-0.2, -0.15) is 0 Å². The SMILES string of the molecule is CCCC1(CNS(=O)(=O)c2ccc(CO)cc2OC)CC1. The lowest BCUT2D eigenvalue weighted by atomic mass is 10.0. The third-order valence-corrected chi connectivity index (χ3v) is 5.52. The van der Waals surface area contributed by atoms with E-state index in [4.69, 9.17) is 9.84 Å². The second kappa shape index (κ2) is 6.34. The Labute approximate surface area is 126 Å². The zero-order chi connectivity index (χ0) is 15.5. The van der Waals surface area contributed by atoms with Crippen molar-refractivity contribution < 1.29 is 18.3 Å². The Hall–Kier alpha value is -1.11. The van der Waals surface area contributed by atoms with Crippen LogP contribution in [0.25, 0.3) is 0 Å². The second-order valence-electron chi connectivity index (χ2n) is 5.72. The van der Waals surface area contributed by atoms with Crippen LogP contribution >= 0.6 is 0 Å². The number of hydrogen-bond acceptors (Lipinski definition) is 4. The number of methoxy groups -OCH3 is 1. The molecule has 0 aliphatic heterocycles. The molecule has 2 rings (SSSR count). The first-order valence-electron chi connectivity index (χ1n) is 7.24. The van der Waals surface area contributed by atoms with Gasteiger partial charge >= 0.3 is 0 Å². The molecule has 1 aromatic carbocycles. The maximum Gasteiger partial charge on any atom is 0.244 e. The molecule has 0 bridgehead atoms. The van der Waals surface area contributed by atoms with Crippen LogP contribution in [0.5, 0.6) is 5.75 Å². The molecule has 0 spiro atoms. The molecule has 1 aromatic rings. The van der Waals surface area contributed by atoms with Gasteiger partial charge < -0.3 is 9.84 Å². The molecule has 21 heavy (non-hydrogen) atoms. The van der Waals surface area contributed by atoms with Gasteiger partial charge in [-0.15, -0.1) is 0 Å². The summed E-state index contributed by atoms with van der Waals surface area (Å²) in [6.45, 7) is 2.45. The molecular weight excluding hydrogens is 290 g/mol. The molecule has 1 aliphatic carbocycles. The fourth-order valence-corrected chi connectivity index (χ4v) is 3.89. The first kappa shape index (κ1) is 16.3. The molecule has 0 amide bonds. The molecule has 0 unspecified atom stereocenters. The molecule has 6 heteroatoms. The van der Waals surface area contributed by atoms with E-state index in [2.05, 4.69) is 11.6 Å². The Balaban J connectivity index is 2.16. The van der Waals surface area contributed by atoms with Crippen LogP contribution in [-0.2, 0) is 16.6 Å². The standard InChI is InChI=1S/C15H23NO4S/c1-3-6-15(7-8-15)11-16-21(18,19)14-5-4-12(10-17)9-13(14)20-2/h4-5,9,16-17H,3,6-8,10-11H2,1-2H3. The lowest BCUT2D eigenvalue weighted by molar-refractivity contribution is 0.280. The van der Waals surface area contributed by atoms with Crippen LogP contribution in [0, 0.1) is 5.41 Å². The summed E-state index contributed by atoms with van der Waals surface area (Å²) in [4.78, 5) is 0.120. The molecule has 1 saturated carbocycles. The van der Waals surface area contributed by atoms with E-state index in [-0.39, 0.29) is 22.7 Å². The zero-order valence-corrected chi connectivity index (χ0v) is 13.4. The van der Waals surface area contributed by atoms with Crippen LogP contribution in [-0.4, -0.2) is 27.2 Å². The van der Waals surface area contributed by atoms with E-state index in [0.717, 1.165) is 25.7 Å². The van der Waals surface area contributed by atoms with Crippen LogP contribution in [0.3, 0.4) is 0 Å². The lowest BCUT2D eigenvalue weighted by Gasteiger charge is -2.16. The minimum atomic E-state index is -3.60. The van der Waals surface area contributed by atoms with E-state index in [0.29, 0.717) is 12.1 Å². The molecule has 5 nitrogen and oxygen atoms in total. The Morgan fingerprint density at radius 2 is 2.10 bits per heavy atom. The van der Waals surface area contributed by atoms with Crippen molar-refractivity contribution >= 4 is 10.0 Å². The van der Waals surface area contributed by atoms with Crippen molar-refractivity contribution in [2.24, 2.45) is 5.41 Å². The summed E-state index contributed by atoms with van der Waals surface area (Å²) in [6.07, 6.45) is 4.29. The summed E-state index contributed by atoms with van der Waals surface area (Å²) >= 11 is 0. The molecule has 1 aliphatic rings. The predicted molar refractivity (Wildman–Crippen MR) is 80.7 cm³/mol. The Kier molecular flexibility index (Phi) is 4.91. The number of benzene rings is 1. The number of sulfonamides is 1. The molecule has 2 N–H and O–H groups in total. The molecule has 1 fully saturated rings. The average Bonchev–Trinajstić information content (AvgIpc) is 3.25. The molecular formula is C15H23NO4S. The summed E-state index contributed by atoms with van der Waals surface area (Å²) in [6, 6.07) is 4.62. The van der Waals surface area contributed by atoms with Gasteiger partial charge in [0.1, 0.15) is 10.6 Å². The molecule has 0 atom stereocenters. The first-order valence-corrected chi connectivity index (χ1v) is 8.72. The van der Waals surface area contributed by atoms with Crippen LogP contribution < -0.4 is 9.46 Å². The molecule has 118 valence electrons. The van der Waals surface area contributed by atoms with Gasteiger partial charge in [0.25, 0.3) is 0 Å². The van der Waals surface area contributed by atoms with E-state index in [1.165, 1.54) is 13.2 Å². The average molecular weight is 313 g/mol. The number of rotatable bonds is 8. The van der Waals surface area contributed by atoms with Crippen LogP contribution in [0.4, 0.5) is 0 Å². The predicted octanol–water partition coefficient (Wildman–Crippen LogP) is 2.05. The Morgan fingerprint density at radius 3 is 2.62 bits per heavy atom. The summed E-state index contributed by atoms with van der Waals surface area (Å²) in [5, 5.41) is 9.11. The summed E-state index contributed by atoms with van der Waals surface area (Å²) in [5.41, 5.74) is 0.774. The Bertz CT molecular complexity index is 594. The molecule has 0 saturated heterocycles. The maximum atomic E-state index is 12.4. The van der Waals surface area contributed by atoms with Crippen molar-refractivity contribution in [2.45, 2.75) is 44.1 Å². The minimum absolute atomic E-state index is 0.120. The monoisotopic (exact) mass is 313 g/mol. The van der Waals surface area contributed by atoms with Gasteiger partial charge in [0.15, 0.2) is 0 Å².